The van der Waals surface area contributed by atoms with Crippen molar-refractivity contribution in [3.05, 3.63) is 54.1 Å². The lowest BCUT2D eigenvalue weighted by Crippen LogP contribution is -2.43. The van der Waals surface area contributed by atoms with E-state index in [0.717, 1.165) is 18.2 Å². The van der Waals surface area contributed by atoms with Gasteiger partial charge in [-0.15, -0.1) is 0 Å². The number of rotatable bonds is 8. The van der Waals surface area contributed by atoms with E-state index in [9.17, 15) is 30.4 Å². The molecule has 0 atom stereocenters. The Morgan fingerprint density at radius 2 is 1.61 bits per heavy atom. The third-order valence-corrected chi connectivity index (χ3v) is 9.23. The maximum atomic E-state index is 13.7. The number of ether oxygens (including phenoxy) is 1. The smallest absolute Gasteiger partial charge is 0.246 e. The van der Waals surface area contributed by atoms with Gasteiger partial charge in [0.1, 0.15) is 17.4 Å². The lowest BCUT2D eigenvalue weighted by Gasteiger charge is -2.32. The Morgan fingerprint density at radius 3 is 2.15 bits per heavy atom. The Morgan fingerprint density at radius 1 is 1.03 bits per heavy atom. The van der Waals surface area contributed by atoms with Gasteiger partial charge in [-0.2, -0.15) is 0 Å². The van der Waals surface area contributed by atoms with Crippen LogP contribution < -0.4 is 9.46 Å². The molecule has 0 unspecified atom stereocenters. The molecule has 0 aliphatic carbocycles. The number of halogens is 2. The van der Waals surface area contributed by atoms with Crippen molar-refractivity contribution in [1.82, 2.24) is 9.62 Å². The Balaban J connectivity index is 1.53. The largest absolute Gasteiger partial charge is 0.497 e. The van der Waals surface area contributed by atoms with Crippen LogP contribution in [0.2, 0.25) is 0 Å². The number of nitrogens with one attached hydrogen (secondary N) is 1. The van der Waals surface area contributed by atoms with Crippen LogP contribution in [0.4, 0.5) is 8.78 Å². The number of amides is 1. The third kappa shape index (κ3) is 5.68. The SMILES string of the molecule is COc1ccc(S(=O)(=O)C2CCN(C(=O)CCNS(=O)(=O)c3c(F)cccc3F)CC2)cc1. The Kier molecular flexibility index (Phi) is 7.70. The monoisotopic (exact) mass is 502 g/mol. The number of piperidine rings is 1. The normalized spacial score (nSPS) is 15.4. The predicted molar refractivity (Wildman–Crippen MR) is 116 cm³/mol. The van der Waals surface area contributed by atoms with Crippen molar-refractivity contribution in [1.29, 1.82) is 0 Å². The van der Waals surface area contributed by atoms with Crippen LogP contribution in [0.3, 0.4) is 0 Å². The third-order valence-electron chi connectivity index (χ3n) is 5.44. The predicted octanol–water partition coefficient (Wildman–Crippen LogP) is 2.11. The Bertz CT molecular complexity index is 1190. The molecule has 33 heavy (non-hydrogen) atoms. The van der Waals surface area contributed by atoms with Gasteiger partial charge in [-0.1, -0.05) is 6.07 Å². The number of likely N-dealkylation sites (tertiary alicyclic amines) is 1. The van der Waals surface area contributed by atoms with E-state index in [0.29, 0.717) is 5.75 Å². The minimum absolute atomic E-state index is 0.183. The summed E-state index contributed by atoms with van der Waals surface area (Å²) >= 11 is 0. The Labute approximate surface area is 191 Å². The molecule has 1 saturated heterocycles. The summed E-state index contributed by atoms with van der Waals surface area (Å²) < 4.78 is 84.6. The van der Waals surface area contributed by atoms with Gasteiger partial charge in [-0.3, -0.25) is 4.79 Å². The highest BCUT2D eigenvalue weighted by molar-refractivity contribution is 7.92. The number of sulfonamides is 1. The van der Waals surface area contributed by atoms with Crippen molar-refractivity contribution in [2.45, 2.75) is 34.3 Å². The first-order valence-corrected chi connectivity index (χ1v) is 13.2. The quantitative estimate of drug-likeness (QED) is 0.592. The number of hydrogen-bond donors (Lipinski definition) is 1. The molecule has 2 aromatic carbocycles. The number of carbonyl (C=O) groups is 1. The minimum Gasteiger partial charge on any atom is -0.497 e. The molecule has 3 rings (SSSR count). The molecule has 1 heterocycles. The highest BCUT2D eigenvalue weighted by Crippen LogP contribution is 2.26. The summed E-state index contributed by atoms with van der Waals surface area (Å²) in [7, 11) is -6.55. The fourth-order valence-corrected chi connectivity index (χ4v) is 6.53. The molecule has 8 nitrogen and oxygen atoms in total. The molecule has 12 heteroatoms. The molecule has 1 N–H and O–H groups in total. The van der Waals surface area contributed by atoms with Gasteiger partial charge >= 0.3 is 0 Å². The van der Waals surface area contributed by atoms with Gasteiger partial charge in [0.25, 0.3) is 0 Å². The summed E-state index contributed by atoms with van der Waals surface area (Å²) in [5.74, 6) is -2.29. The molecule has 0 saturated carbocycles. The number of benzene rings is 2. The highest BCUT2D eigenvalue weighted by atomic mass is 32.2. The molecule has 1 aliphatic heterocycles. The van der Waals surface area contributed by atoms with E-state index in [2.05, 4.69) is 0 Å². The van der Waals surface area contributed by atoms with Gasteiger partial charge in [0.2, 0.25) is 15.9 Å². The van der Waals surface area contributed by atoms with Gasteiger partial charge in [0.15, 0.2) is 14.7 Å². The van der Waals surface area contributed by atoms with Gasteiger partial charge < -0.3 is 9.64 Å². The van der Waals surface area contributed by atoms with Gasteiger partial charge in [-0.25, -0.2) is 30.3 Å². The van der Waals surface area contributed by atoms with Crippen LogP contribution in [-0.4, -0.2) is 59.6 Å². The number of methoxy groups -OCH3 is 1. The van der Waals surface area contributed by atoms with Crippen LogP contribution in [0.5, 0.6) is 5.75 Å². The number of carbonyl (C=O) groups excluding carboxylic acids is 1. The fourth-order valence-electron chi connectivity index (χ4n) is 3.64. The standard InChI is InChI=1S/C21H24F2N2O6S2/c1-31-15-5-7-16(8-6-15)32(27,28)17-10-13-25(14-11-17)20(26)9-12-24-33(29,30)21-18(22)3-2-4-19(21)23/h2-8,17,24H,9-14H2,1H3. The minimum atomic E-state index is -4.47. The summed E-state index contributed by atoms with van der Waals surface area (Å²) in [5.41, 5.74) is 0. The number of nitrogens with zero attached hydrogens (tertiary/aromatic N) is 1. The molecule has 180 valence electrons. The second kappa shape index (κ2) is 10.1. The average molecular weight is 503 g/mol. The van der Waals surface area contributed by atoms with Crippen LogP contribution in [-0.2, 0) is 24.7 Å². The number of hydrogen-bond acceptors (Lipinski definition) is 6. The molecule has 0 aromatic heterocycles. The van der Waals surface area contributed by atoms with Crippen LogP contribution in [0, 0.1) is 11.6 Å². The van der Waals surface area contributed by atoms with Crippen molar-refractivity contribution in [3.8, 4) is 5.75 Å². The van der Waals surface area contributed by atoms with E-state index in [1.807, 2.05) is 4.72 Å². The molecule has 1 amide bonds. The second-order valence-electron chi connectivity index (χ2n) is 7.50. The number of sulfone groups is 1. The Hall–Kier alpha value is -2.57. The van der Waals surface area contributed by atoms with Gasteiger partial charge in [-0.05, 0) is 49.2 Å². The highest BCUT2D eigenvalue weighted by Gasteiger charge is 2.33. The van der Waals surface area contributed by atoms with Crippen LogP contribution in [0.15, 0.2) is 52.3 Å². The maximum absolute atomic E-state index is 13.7. The summed E-state index contributed by atoms with van der Waals surface area (Å²) in [6, 6.07) is 8.80. The van der Waals surface area contributed by atoms with Crippen molar-refractivity contribution >= 4 is 25.8 Å². The van der Waals surface area contributed by atoms with Crippen LogP contribution in [0.25, 0.3) is 0 Å². The summed E-state index contributed by atoms with van der Waals surface area (Å²) in [5, 5.41) is -0.641. The molecule has 1 fully saturated rings. The maximum Gasteiger partial charge on any atom is 0.246 e. The second-order valence-corrected chi connectivity index (χ2v) is 11.4. The zero-order chi connectivity index (χ0) is 24.2. The van der Waals surface area contributed by atoms with Crippen molar-refractivity contribution < 1.29 is 35.1 Å². The van der Waals surface area contributed by atoms with E-state index in [1.165, 1.54) is 24.1 Å². The van der Waals surface area contributed by atoms with Crippen LogP contribution in [0.1, 0.15) is 19.3 Å². The van der Waals surface area contributed by atoms with E-state index in [-0.39, 0.29) is 49.7 Å². The zero-order valence-corrected chi connectivity index (χ0v) is 19.5. The lowest BCUT2D eigenvalue weighted by atomic mass is 10.1. The lowest BCUT2D eigenvalue weighted by molar-refractivity contribution is -0.131. The van der Waals surface area contributed by atoms with Crippen molar-refractivity contribution in [2.75, 3.05) is 26.7 Å². The molecule has 0 bridgehead atoms. The first-order valence-electron chi connectivity index (χ1n) is 10.2. The molecule has 0 spiro atoms. The van der Waals surface area contributed by atoms with E-state index >= 15 is 0 Å². The summed E-state index contributed by atoms with van der Waals surface area (Å²) in [4.78, 5) is 13.0. The molecule has 0 radical (unpaired) electrons. The van der Waals surface area contributed by atoms with Gasteiger partial charge in [0.05, 0.1) is 17.3 Å². The van der Waals surface area contributed by atoms with Crippen molar-refractivity contribution in [3.63, 3.8) is 0 Å². The molecular formula is C21H24F2N2O6S2. The molecule has 1 aliphatic rings. The zero-order valence-electron chi connectivity index (χ0n) is 17.8. The van der Waals surface area contributed by atoms with E-state index in [1.54, 1.807) is 12.1 Å². The summed E-state index contributed by atoms with van der Waals surface area (Å²) in [6.07, 6.45) is 0.254. The van der Waals surface area contributed by atoms with E-state index in [4.69, 9.17) is 4.74 Å². The fraction of sp³-hybridized carbons (Fsp3) is 0.381. The topological polar surface area (TPSA) is 110 Å². The summed E-state index contributed by atoms with van der Waals surface area (Å²) in [6.45, 7) is 0.0557. The average Bonchev–Trinajstić information content (AvgIpc) is 2.78. The first-order chi connectivity index (χ1) is 15.6. The van der Waals surface area contributed by atoms with E-state index < -0.39 is 41.6 Å². The molecular weight excluding hydrogens is 478 g/mol. The first kappa shape index (κ1) is 25.1. The van der Waals surface area contributed by atoms with Crippen LogP contribution >= 0.6 is 0 Å². The van der Waals surface area contributed by atoms with Gasteiger partial charge in [0, 0.05) is 26.1 Å². The van der Waals surface area contributed by atoms with Crippen molar-refractivity contribution in [2.24, 2.45) is 0 Å². The molecule has 2 aromatic rings.